The Bertz CT molecular complexity index is 1510. The number of aliphatic hydroxyl groups is 1. The first kappa shape index (κ1) is 37.2. The number of benzene rings is 1. The molecule has 0 unspecified atom stereocenters. The molecule has 1 amide bonds. The van der Waals surface area contributed by atoms with E-state index in [2.05, 4.69) is 27.3 Å². The Morgan fingerprint density at radius 1 is 1.17 bits per heavy atom. The fourth-order valence-electron chi connectivity index (χ4n) is 6.12. The van der Waals surface area contributed by atoms with Crippen LogP contribution >= 0.6 is 13.5 Å². The molecule has 0 bridgehead atoms. The number of ether oxygens (including phenoxy) is 2. The molecule has 48 heavy (non-hydrogen) atoms. The molecule has 5 rings (SSSR count). The number of carbonyl (C=O) groups excluding carboxylic acids is 2. The van der Waals surface area contributed by atoms with E-state index in [1.165, 1.54) is 17.5 Å². The van der Waals surface area contributed by atoms with Crippen molar-refractivity contribution in [3.63, 3.8) is 0 Å². The predicted octanol–water partition coefficient (Wildman–Crippen LogP) is 3.96. The Labute approximate surface area is 290 Å². The molecule has 0 aliphatic carbocycles. The monoisotopic (exact) mass is 682 g/mol. The van der Waals surface area contributed by atoms with Crippen LogP contribution in [0.15, 0.2) is 41.1 Å². The Morgan fingerprint density at radius 2 is 1.96 bits per heavy atom. The van der Waals surface area contributed by atoms with Crippen LogP contribution in [0, 0.1) is 6.92 Å². The SMILES string of the molecule is COCCN(C)c1cc(C(=O)CC[C@H](O)CN2CCc3cc(OCc4ocnc4C)ccc3C2)cc(NC2CCN(C(C)=O)CC2)n1.S. The fraction of sp³-hybridized carbons (Fsp3) is 0.543. The van der Waals surface area contributed by atoms with Crippen molar-refractivity contribution in [2.45, 2.75) is 71.2 Å². The summed E-state index contributed by atoms with van der Waals surface area (Å²) in [5, 5.41) is 14.4. The molecule has 4 heterocycles. The number of amides is 1. The van der Waals surface area contributed by atoms with Gasteiger partial charge in [0.15, 0.2) is 17.9 Å². The van der Waals surface area contributed by atoms with Gasteiger partial charge in [-0.25, -0.2) is 9.97 Å². The summed E-state index contributed by atoms with van der Waals surface area (Å²) in [6.07, 6.45) is 3.91. The lowest BCUT2D eigenvalue weighted by molar-refractivity contribution is -0.129. The van der Waals surface area contributed by atoms with Gasteiger partial charge in [0.2, 0.25) is 5.91 Å². The number of anilines is 2. The van der Waals surface area contributed by atoms with Gasteiger partial charge in [0, 0.05) is 78.4 Å². The molecule has 2 aliphatic heterocycles. The number of likely N-dealkylation sites (N-methyl/N-ethyl adjacent to an activating group) is 1. The summed E-state index contributed by atoms with van der Waals surface area (Å²) >= 11 is 0. The summed E-state index contributed by atoms with van der Waals surface area (Å²) in [7, 11) is 3.59. The van der Waals surface area contributed by atoms with E-state index in [0.717, 1.165) is 49.6 Å². The van der Waals surface area contributed by atoms with Crippen LogP contribution in [0.5, 0.6) is 5.75 Å². The van der Waals surface area contributed by atoms with Gasteiger partial charge >= 0.3 is 0 Å². The van der Waals surface area contributed by atoms with Crippen molar-refractivity contribution in [3.05, 3.63) is 64.9 Å². The molecule has 1 atom stereocenters. The summed E-state index contributed by atoms with van der Waals surface area (Å²) in [6.45, 7) is 8.47. The van der Waals surface area contributed by atoms with E-state index >= 15 is 0 Å². The fourth-order valence-corrected chi connectivity index (χ4v) is 6.12. The lowest BCUT2D eigenvalue weighted by atomic mass is 9.98. The Kier molecular flexibility index (Phi) is 13.7. The molecule has 3 aromatic rings. The second-order valence-electron chi connectivity index (χ2n) is 12.6. The zero-order valence-electron chi connectivity index (χ0n) is 28.5. The van der Waals surface area contributed by atoms with Gasteiger partial charge in [0.05, 0.1) is 18.4 Å². The molecule has 0 spiro atoms. The quantitative estimate of drug-likeness (QED) is 0.226. The normalized spacial score (nSPS) is 15.7. The maximum Gasteiger partial charge on any atom is 0.219 e. The van der Waals surface area contributed by atoms with Gasteiger partial charge in [0.25, 0.3) is 0 Å². The number of fused-ring (bicyclic) bond motifs is 1. The molecule has 0 saturated carbocycles. The Balaban J connectivity index is 0.00000520. The van der Waals surface area contributed by atoms with Crippen molar-refractivity contribution in [1.29, 1.82) is 0 Å². The maximum atomic E-state index is 13.4. The van der Waals surface area contributed by atoms with Crippen LogP contribution in [0.3, 0.4) is 0 Å². The lowest BCUT2D eigenvalue weighted by Crippen LogP contribution is -2.41. The van der Waals surface area contributed by atoms with Crippen molar-refractivity contribution in [2.24, 2.45) is 0 Å². The number of rotatable bonds is 15. The average molecular weight is 683 g/mol. The third kappa shape index (κ3) is 10.2. The molecular formula is C35H50N6O6S. The van der Waals surface area contributed by atoms with E-state index in [4.69, 9.17) is 18.9 Å². The van der Waals surface area contributed by atoms with Gasteiger partial charge in [-0.05, 0) is 68.0 Å². The molecule has 2 N–H and O–H groups in total. The summed E-state index contributed by atoms with van der Waals surface area (Å²) < 4.78 is 16.5. The number of nitrogens with zero attached hydrogens (tertiary/aromatic N) is 5. The maximum absolute atomic E-state index is 13.4. The minimum Gasteiger partial charge on any atom is -0.486 e. The highest BCUT2D eigenvalue weighted by Crippen LogP contribution is 2.26. The van der Waals surface area contributed by atoms with Crippen molar-refractivity contribution in [2.75, 3.05) is 63.7 Å². The van der Waals surface area contributed by atoms with Crippen molar-refractivity contribution in [3.8, 4) is 5.75 Å². The smallest absolute Gasteiger partial charge is 0.219 e. The zero-order chi connectivity index (χ0) is 33.3. The van der Waals surface area contributed by atoms with E-state index < -0.39 is 6.10 Å². The number of hydrogen-bond donors (Lipinski definition) is 2. The summed E-state index contributed by atoms with van der Waals surface area (Å²) in [5.41, 5.74) is 3.86. The number of carbonyl (C=O) groups is 2. The van der Waals surface area contributed by atoms with E-state index in [1.54, 1.807) is 14.0 Å². The van der Waals surface area contributed by atoms with Gasteiger partial charge in [-0.1, -0.05) is 6.07 Å². The molecule has 2 aliphatic rings. The number of nitrogens with one attached hydrogen (secondary N) is 1. The number of methoxy groups -OCH3 is 1. The Morgan fingerprint density at radius 3 is 2.67 bits per heavy atom. The number of oxazole rings is 1. The minimum absolute atomic E-state index is 0. The van der Waals surface area contributed by atoms with E-state index in [9.17, 15) is 14.7 Å². The molecule has 0 radical (unpaired) electrons. The highest BCUT2D eigenvalue weighted by molar-refractivity contribution is 7.59. The predicted molar refractivity (Wildman–Crippen MR) is 189 cm³/mol. The average Bonchev–Trinajstić information content (AvgIpc) is 3.49. The second-order valence-corrected chi connectivity index (χ2v) is 12.6. The topological polar surface area (TPSA) is 134 Å². The molecule has 1 aromatic carbocycles. The number of β-amino-alcohol motifs (C(OH)–C–C–N with tert-alkyl or cyclic N) is 1. The number of pyridine rings is 1. The van der Waals surface area contributed by atoms with Gasteiger partial charge in [-0.2, -0.15) is 13.5 Å². The van der Waals surface area contributed by atoms with Crippen LogP contribution in [0.4, 0.5) is 11.6 Å². The van der Waals surface area contributed by atoms with Crippen LogP contribution < -0.4 is 15.0 Å². The van der Waals surface area contributed by atoms with E-state index in [-0.39, 0.29) is 37.6 Å². The first-order valence-corrected chi connectivity index (χ1v) is 16.5. The second kappa shape index (κ2) is 17.7. The molecule has 12 nitrogen and oxygen atoms in total. The number of hydrogen-bond acceptors (Lipinski definition) is 11. The van der Waals surface area contributed by atoms with Gasteiger partial charge in [-0.3, -0.25) is 14.5 Å². The molecular weight excluding hydrogens is 632 g/mol. The van der Waals surface area contributed by atoms with Crippen LogP contribution in [0.25, 0.3) is 0 Å². The van der Waals surface area contributed by atoms with Crippen LogP contribution in [0.2, 0.25) is 0 Å². The van der Waals surface area contributed by atoms with Crippen molar-refractivity contribution >= 4 is 36.8 Å². The largest absolute Gasteiger partial charge is 0.486 e. The Hall–Kier alpha value is -3.65. The number of aryl methyl sites for hydroxylation is 1. The molecule has 1 fully saturated rings. The highest BCUT2D eigenvalue weighted by Gasteiger charge is 2.23. The molecule has 13 heteroatoms. The number of piperidine rings is 1. The number of aromatic nitrogens is 2. The third-order valence-corrected chi connectivity index (χ3v) is 9.11. The van der Waals surface area contributed by atoms with Crippen molar-refractivity contribution in [1.82, 2.24) is 19.8 Å². The number of Topliss-reactive ketones (excluding diaryl/α,β-unsaturated/α-hetero) is 1. The number of ketones is 1. The third-order valence-electron chi connectivity index (χ3n) is 9.11. The van der Waals surface area contributed by atoms with Crippen LogP contribution in [-0.4, -0.2) is 102 Å². The zero-order valence-corrected chi connectivity index (χ0v) is 29.5. The van der Waals surface area contributed by atoms with Gasteiger partial charge in [-0.15, -0.1) is 0 Å². The standard InChI is InChI=1S/C35H48N6O6.H2S/c1-24-33(47-23-36-24)22-46-31-7-5-27-20-40(12-9-26(27)17-31)21-30(43)6-8-32(44)28-18-34(38-35(19-28)39(3)15-16-45-4)37-29-10-13-41(14-11-29)25(2)42;/h5,7,17-19,23,29-30,43H,6,8-16,20-22H2,1-4H3,(H,37,38);1H2/t30-;/m0./s1. The summed E-state index contributed by atoms with van der Waals surface area (Å²) in [6, 6.07) is 9.94. The lowest BCUT2D eigenvalue weighted by Gasteiger charge is -2.32. The van der Waals surface area contributed by atoms with Crippen molar-refractivity contribution < 1.29 is 28.6 Å². The molecule has 1 saturated heterocycles. The first-order chi connectivity index (χ1) is 22.7. The van der Waals surface area contributed by atoms with E-state index in [0.29, 0.717) is 63.0 Å². The van der Waals surface area contributed by atoms with Gasteiger partial charge < -0.3 is 34.1 Å². The molecule has 2 aromatic heterocycles. The summed E-state index contributed by atoms with van der Waals surface area (Å²) in [4.78, 5) is 40.2. The van der Waals surface area contributed by atoms with E-state index in [1.807, 2.05) is 42.0 Å². The minimum atomic E-state index is -0.622. The summed E-state index contributed by atoms with van der Waals surface area (Å²) in [5.74, 6) is 2.92. The number of aliphatic hydroxyl groups excluding tert-OH is 1. The van der Waals surface area contributed by atoms with Crippen LogP contribution in [-0.2, 0) is 29.1 Å². The number of likely N-dealkylation sites (tertiary alicyclic amines) is 1. The van der Waals surface area contributed by atoms with Crippen LogP contribution in [0.1, 0.15) is 65.5 Å². The molecule has 262 valence electrons. The van der Waals surface area contributed by atoms with Gasteiger partial charge in [0.1, 0.15) is 24.0 Å². The highest BCUT2D eigenvalue weighted by atomic mass is 32.1. The first-order valence-electron chi connectivity index (χ1n) is 16.5.